The number of nitrogens with two attached hydrogens (primary N) is 1. The highest BCUT2D eigenvalue weighted by Crippen LogP contribution is 2.60. The summed E-state index contributed by atoms with van der Waals surface area (Å²) in [6, 6.07) is 11.7. The molecule has 0 saturated heterocycles. The minimum Gasteiger partial charge on any atom is -0.592 e. The van der Waals surface area contributed by atoms with Crippen molar-refractivity contribution in [1.82, 2.24) is 5.32 Å². The van der Waals surface area contributed by atoms with Gasteiger partial charge in [-0.2, -0.15) is 12.0 Å². The number of phenolic OH excluding ortho intramolecular Hbond substituents is 1. The number of aliphatic imine (C=N–C) groups is 1. The number of aryl methyl sites for hydroxylation is 1. The molecule has 2 aromatic rings. The average Bonchev–Trinajstić information content (AvgIpc) is 4.13. The Hall–Kier alpha value is -3.81. The van der Waals surface area contributed by atoms with Gasteiger partial charge in [0, 0.05) is 37.8 Å². The van der Waals surface area contributed by atoms with Crippen LogP contribution in [0.3, 0.4) is 0 Å². The molecule has 6 aliphatic rings. The molecule has 2 heterocycles. The number of ether oxygens (including phenoxy) is 2. The van der Waals surface area contributed by atoms with E-state index < -0.39 is 18.3 Å². The van der Waals surface area contributed by atoms with Gasteiger partial charge < -0.3 is 51.2 Å². The fourth-order valence-electron chi connectivity index (χ4n) is 12.3. The summed E-state index contributed by atoms with van der Waals surface area (Å²) in [6.45, 7) is 3.08. The van der Waals surface area contributed by atoms with Crippen molar-refractivity contribution in [2.45, 2.75) is 153 Å². The highest BCUT2D eigenvalue weighted by atomic mass is 16.5. The molecule has 2 aromatic carbocycles. The Morgan fingerprint density at radius 2 is 1.83 bits per heavy atom. The summed E-state index contributed by atoms with van der Waals surface area (Å²) in [5, 5.41) is 66.4. The zero-order valence-corrected chi connectivity index (χ0v) is 38.6. The first-order valence-electron chi connectivity index (χ1n) is 24.9. The molecule has 0 radical (unpaired) electrons. The van der Waals surface area contributed by atoms with Gasteiger partial charge in [-0.05, 0) is 116 Å². The lowest BCUT2D eigenvalue weighted by atomic mass is 9.66. The standard InChI is InChI=1S/C54H75N3O8/c1-34(60)29-56-30-45-43-10-8-11-46(43)54(21-6-7-22-54)28-48-44(45)27-47(57-48)50(62)33-64-52-24-35(15-20-49(52)61)13-18-41-26-39(32-59)51(65-41)12-5-3-2-4-9-40(55)25-38-17-16-37-23-36(31-58)14-19-42(37)53(38)63/h14-17,19-20,23-24,26-27,34,38,40,43,45-46,50-51,53,56,58-63H,2-13,18,21-22,25,28-33,55H2,1H3/t34-,38-,40-,43-,45-,46-,50-,51?,53-/m0/s1. The third-order valence-electron chi connectivity index (χ3n) is 15.7. The number of nitrogens with zero attached hydrogens (tertiary/aromatic N) is 1. The van der Waals surface area contributed by atoms with Gasteiger partial charge in [-0.1, -0.05) is 87.5 Å². The number of rotatable bonds is 22. The van der Waals surface area contributed by atoms with Crippen molar-refractivity contribution in [2.24, 2.45) is 39.8 Å². The predicted octanol–water partition coefficient (Wildman–Crippen LogP) is 7.72. The Balaban J connectivity index is 0.772. The van der Waals surface area contributed by atoms with E-state index in [1.807, 2.05) is 49.4 Å². The zero-order valence-electron chi connectivity index (χ0n) is 38.6. The lowest BCUT2D eigenvalue weighted by Crippen LogP contribution is -2.37. The summed E-state index contributed by atoms with van der Waals surface area (Å²) in [4.78, 5) is 5.13. The summed E-state index contributed by atoms with van der Waals surface area (Å²) in [7, 11) is 0. The molecule has 3 fully saturated rings. The largest absolute Gasteiger partial charge is 0.592 e. The van der Waals surface area contributed by atoms with Gasteiger partial charge in [-0.3, -0.25) is 0 Å². The van der Waals surface area contributed by atoms with Gasteiger partial charge in [-0.15, -0.1) is 4.99 Å². The first-order chi connectivity index (χ1) is 31.5. The van der Waals surface area contributed by atoms with Crippen molar-refractivity contribution in [3.05, 3.63) is 100 Å². The van der Waals surface area contributed by atoms with Crippen LogP contribution in [0.15, 0.2) is 71.0 Å². The number of fused-ring (bicyclic) bond motifs is 4. The molecule has 11 heteroatoms. The van der Waals surface area contributed by atoms with E-state index in [1.54, 1.807) is 6.07 Å². The second-order valence-corrected chi connectivity index (χ2v) is 20.3. The maximum absolute atomic E-state index is 11.5. The van der Waals surface area contributed by atoms with E-state index in [4.69, 9.17) is 20.2 Å². The number of unbranched alkanes of at least 4 members (excludes halogenated alkanes) is 3. The number of hydrogen-bond acceptors (Lipinski definition) is 11. The predicted molar refractivity (Wildman–Crippen MR) is 255 cm³/mol. The summed E-state index contributed by atoms with van der Waals surface area (Å²) in [5.41, 5.74) is 12.9. The smallest absolute Gasteiger partial charge is 0.190 e. The lowest BCUT2D eigenvalue weighted by Gasteiger charge is -2.37. The van der Waals surface area contributed by atoms with Gasteiger partial charge in [0.05, 0.1) is 37.2 Å². The monoisotopic (exact) mass is 894 g/mol. The molecular formula is C54H75N3O8. The van der Waals surface area contributed by atoms with E-state index in [9.17, 15) is 30.6 Å². The first kappa shape index (κ1) is 47.7. The van der Waals surface area contributed by atoms with Crippen LogP contribution in [0.2, 0.25) is 0 Å². The molecule has 2 aliphatic heterocycles. The summed E-state index contributed by atoms with van der Waals surface area (Å²) in [5.74, 6) is 3.64. The van der Waals surface area contributed by atoms with Crippen LogP contribution in [0.25, 0.3) is 6.08 Å². The van der Waals surface area contributed by atoms with Gasteiger partial charge in [0.2, 0.25) is 0 Å². The number of nitrogens with one attached hydrogen (secondary N) is 1. The number of allylic oxidation sites excluding steroid dienone is 1. The number of benzene rings is 2. The minimum atomic E-state index is -0.949. The van der Waals surface area contributed by atoms with Crippen LogP contribution in [-0.2, 0) is 17.8 Å². The van der Waals surface area contributed by atoms with Crippen LogP contribution in [0.5, 0.6) is 11.5 Å². The van der Waals surface area contributed by atoms with Crippen LogP contribution < -0.4 is 15.8 Å². The molecule has 0 amide bonds. The number of hydrogen-bond donors (Lipinski definition) is 8. The van der Waals surface area contributed by atoms with Crippen molar-refractivity contribution >= 4 is 11.8 Å². The fourth-order valence-corrected chi connectivity index (χ4v) is 12.3. The molecule has 354 valence electrons. The lowest BCUT2D eigenvalue weighted by molar-refractivity contribution is 0.113. The Morgan fingerprint density at radius 1 is 1.02 bits per heavy atom. The SMILES string of the molecule is C[C@H](O)CNC[C@@H]1C2=C[C+]([C@@H](O)COc3cc(CCC4=C[C-](CO)C(CCCCCC[C@H](N)C[C@@H]5C=Cc6cc(CO)ccc6[C@H]5O)O4)ccc3O)N=C2CC2(CCCC2)[C@H]2CCC[C@@H]12. The fraction of sp³-hybridized carbons (Fsp3) is 0.611. The molecule has 0 aromatic heterocycles. The Morgan fingerprint density at radius 3 is 2.63 bits per heavy atom. The quantitative estimate of drug-likeness (QED) is 0.0429. The van der Waals surface area contributed by atoms with E-state index in [0.29, 0.717) is 54.3 Å². The third kappa shape index (κ3) is 11.3. The number of phenols is 1. The zero-order chi connectivity index (χ0) is 45.5. The van der Waals surface area contributed by atoms with Crippen molar-refractivity contribution in [2.75, 3.05) is 26.3 Å². The molecule has 0 bridgehead atoms. The molecule has 3 saturated carbocycles. The average molecular weight is 894 g/mol. The van der Waals surface area contributed by atoms with Crippen LogP contribution in [0, 0.1) is 41.0 Å². The van der Waals surface area contributed by atoms with Gasteiger partial charge >= 0.3 is 0 Å². The van der Waals surface area contributed by atoms with Gasteiger partial charge in [0.25, 0.3) is 0 Å². The Kier molecular flexibility index (Phi) is 16.0. The second kappa shape index (κ2) is 21.9. The minimum absolute atomic E-state index is 0.00586. The van der Waals surface area contributed by atoms with Crippen LogP contribution in [-0.4, -0.2) is 87.0 Å². The maximum atomic E-state index is 11.5. The van der Waals surface area contributed by atoms with E-state index in [2.05, 4.69) is 17.5 Å². The number of aromatic hydroxyl groups is 1. The first-order valence-corrected chi connectivity index (χ1v) is 24.9. The Bertz CT molecular complexity index is 2020. The highest BCUT2D eigenvalue weighted by Gasteiger charge is 2.57. The number of aliphatic hydroxyl groups is 5. The molecule has 1 spiro atoms. The molecule has 4 aliphatic carbocycles. The van der Waals surface area contributed by atoms with E-state index in [1.165, 1.54) is 50.5 Å². The van der Waals surface area contributed by atoms with Crippen molar-refractivity contribution in [3.63, 3.8) is 0 Å². The molecule has 65 heavy (non-hydrogen) atoms. The van der Waals surface area contributed by atoms with Crippen LogP contribution >= 0.6 is 0 Å². The second-order valence-electron chi connectivity index (χ2n) is 20.3. The van der Waals surface area contributed by atoms with Crippen LogP contribution in [0.4, 0.5) is 0 Å². The molecular weight excluding hydrogens is 819 g/mol. The van der Waals surface area contributed by atoms with Gasteiger partial charge in [0.15, 0.2) is 29.4 Å². The van der Waals surface area contributed by atoms with E-state index in [-0.39, 0.29) is 43.6 Å². The molecule has 11 nitrogen and oxygen atoms in total. The van der Waals surface area contributed by atoms with Gasteiger partial charge in [-0.25, -0.2) is 0 Å². The normalized spacial score (nSPS) is 26.8. The van der Waals surface area contributed by atoms with Crippen molar-refractivity contribution in [1.29, 1.82) is 0 Å². The van der Waals surface area contributed by atoms with E-state index >= 15 is 0 Å². The topological polar surface area (TPSA) is 190 Å². The summed E-state index contributed by atoms with van der Waals surface area (Å²) in [6.07, 6.45) is 23.8. The van der Waals surface area contributed by atoms with Crippen molar-refractivity contribution < 1.29 is 40.1 Å². The van der Waals surface area contributed by atoms with Crippen LogP contribution in [0.1, 0.15) is 138 Å². The number of aliphatic hydroxyl groups excluding tert-OH is 5. The van der Waals surface area contributed by atoms with Crippen molar-refractivity contribution in [3.8, 4) is 11.5 Å². The van der Waals surface area contributed by atoms with E-state index in [0.717, 1.165) is 97.6 Å². The highest BCUT2D eigenvalue weighted by molar-refractivity contribution is 6.04. The summed E-state index contributed by atoms with van der Waals surface area (Å²) >= 11 is 0. The maximum Gasteiger partial charge on any atom is 0.190 e. The van der Waals surface area contributed by atoms with Gasteiger partial charge in [0.1, 0.15) is 12.2 Å². The molecule has 8 rings (SSSR count). The molecule has 9 N–H and O–H groups in total. The molecule has 9 atom stereocenters. The third-order valence-corrected chi connectivity index (χ3v) is 15.7. The summed E-state index contributed by atoms with van der Waals surface area (Å²) < 4.78 is 12.5. The Labute approximate surface area is 386 Å². The molecule has 1 unspecified atom stereocenters.